The molecule has 1 spiro atoms. The highest BCUT2D eigenvalue weighted by atomic mass is 32.2. The second-order valence-electron chi connectivity index (χ2n) is 10.8. The standard InChI is InChI=1S/C27H30FN5O4S/c1-18-19(4-3-5-21(18)28)13-31(2)23-11-20(26(34)33-14-27(15-33)16-38(35,36)17-27)10-22-25(23)30-24(12-29-22)32-6-8-37-9-7-32/h3-5,10-12H,6-9,13-17H2,1-2H3. The molecule has 0 atom stereocenters. The summed E-state index contributed by atoms with van der Waals surface area (Å²) in [5, 5.41) is 0. The Morgan fingerprint density at radius 2 is 1.92 bits per heavy atom. The molecular weight excluding hydrogens is 509 g/mol. The lowest BCUT2D eigenvalue weighted by Crippen LogP contribution is -2.69. The third kappa shape index (κ3) is 4.47. The predicted octanol–water partition coefficient (Wildman–Crippen LogP) is 2.42. The normalized spacial score (nSPS) is 19.8. The van der Waals surface area contributed by atoms with Gasteiger partial charge in [-0.15, -0.1) is 0 Å². The second kappa shape index (κ2) is 9.16. The van der Waals surface area contributed by atoms with Crippen molar-refractivity contribution in [3.05, 3.63) is 59.0 Å². The van der Waals surface area contributed by atoms with Crippen LogP contribution in [0.2, 0.25) is 0 Å². The molecule has 3 saturated heterocycles. The molecular formula is C27H30FN5O4S. The largest absolute Gasteiger partial charge is 0.378 e. The first kappa shape index (κ1) is 25.0. The number of rotatable bonds is 5. The molecule has 2 aromatic carbocycles. The first-order valence-corrected chi connectivity index (χ1v) is 14.5. The summed E-state index contributed by atoms with van der Waals surface area (Å²) >= 11 is 0. The summed E-state index contributed by atoms with van der Waals surface area (Å²) in [6, 6.07) is 8.60. The molecule has 11 heteroatoms. The van der Waals surface area contributed by atoms with Gasteiger partial charge >= 0.3 is 0 Å². The van der Waals surface area contributed by atoms with Crippen molar-refractivity contribution in [2.45, 2.75) is 13.5 Å². The maximum Gasteiger partial charge on any atom is 0.254 e. The monoisotopic (exact) mass is 539 g/mol. The van der Waals surface area contributed by atoms with Crippen LogP contribution in [0.3, 0.4) is 0 Å². The fourth-order valence-electron chi connectivity index (χ4n) is 5.77. The lowest BCUT2D eigenvalue weighted by Gasteiger charge is -2.54. The first-order valence-electron chi connectivity index (χ1n) is 12.7. The smallest absolute Gasteiger partial charge is 0.254 e. The maximum absolute atomic E-state index is 14.2. The van der Waals surface area contributed by atoms with Gasteiger partial charge in [-0.1, -0.05) is 12.1 Å². The van der Waals surface area contributed by atoms with Gasteiger partial charge in [-0.2, -0.15) is 0 Å². The van der Waals surface area contributed by atoms with E-state index in [9.17, 15) is 17.6 Å². The Hall–Kier alpha value is -3.31. The predicted molar refractivity (Wildman–Crippen MR) is 143 cm³/mol. The van der Waals surface area contributed by atoms with Crippen molar-refractivity contribution in [2.24, 2.45) is 5.41 Å². The Labute approximate surface area is 221 Å². The van der Waals surface area contributed by atoms with E-state index < -0.39 is 9.84 Å². The topological polar surface area (TPSA) is 95.9 Å². The van der Waals surface area contributed by atoms with E-state index in [1.54, 1.807) is 30.2 Å². The lowest BCUT2D eigenvalue weighted by molar-refractivity contribution is 0.0202. The minimum absolute atomic E-state index is 0.151. The number of nitrogens with zero attached hydrogens (tertiary/aromatic N) is 5. The maximum atomic E-state index is 14.2. The van der Waals surface area contributed by atoms with Crippen LogP contribution in [0.15, 0.2) is 36.5 Å². The third-order valence-corrected chi connectivity index (χ3v) is 9.89. The number of halogens is 1. The van der Waals surface area contributed by atoms with Crippen molar-refractivity contribution >= 4 is 38.3 Å². The molecule has 9 nitrogen and oxygen atoms in total. The Morgan fingerprint density at radius 1 is 1.18 bits per heavy atom. The number of amides is 1. The van der Waals surface area contributed by atoms with Gasteiger partial charge in [-0.3, -0.25) is 9.78 Å². The Morgan fingerprint density at radius 3 is 2.63 bits per heavy atom. The molecule has 0 N–H and O–H groups in total. The highest BCUT2D eigenvalue weighted by Gasteiger charge is 2.57. The minimum atomic E-state index is -2.96. The van der Waals surface area contributed by atoms with E-state index in [1.165, 1.54) is 6.07 Å². The number of morpholine rings is 1. The zero-order valence-corrected chi connectivity index (χ0v) is 22.3. The fraction of sp³-hybridized carbons (Fsp3) is 0.444. The van der Waals surface area contributed by atoms with E-state index >= 15 is 0 Å². The Balaban J connectivity index is 1.35. The van der Waals surface area contributed by atoms with Crippen LogP contribution in [0.25, 0.3) is 11.0 Å². The van der Waals surface area contributed by atoms with Crippen LogP contribution in [0, 0.1) is 18.2 Å². The third-order valence-electron chi connectivity index (χ3n) is 7.79. The number of carbonyl (C=O) groups excluding carboxylic acids is 1. The molecule has 38 heavy (non-hydrogen) atoms. The molecule has 3 aliphatic heterocycles. The summed E-state index contributed by atoms with van der Waals surface area (Å²) in [5.74, 6) is 0.630. The van der Waals surface area contributed by atoms with E-state index in [-0.39, 0.29) is 28.6 Å². The van der Waals surface area contributed by atoms with E-state index in [0.717, 1.165) is 30.2 Å². The molecule has 6 rings (SSSR count). The molecule has 1 amide bonds. The van der Waals surface area contributed by atoms with Crippen LogP contribution >= 0.6 is 0 Å². The molecule has 0 unspecified atom stereocenters. The number of hydrogen-bond donors (Lipinski definition) is 0. The summed E-state index contributed by atoms with van der Waals surface area (Å²) in [4.78, 5) is 28.9. The van der Waals surface area contributed by atoms with Gasteiger partial charge < -0.3 is 19.4 Å². The quantitative estimate of drug-likeness (QED) is 0.488. The van der Waals surface area contributed by atoms with Crippen molar-refractivity contribution in [2.75, 3.05) is 67.7 Å². The van der Waals surface area contributed by atoms with Gasteiger partial charge in [0.25, 0.3) is 5.91 Å². The second-order valence-corrected chi connectivity index (χ2v) is 12.8. The van der Waals surface area contributed by atoms with Gasteiger partial charge in [-0.05, 0) is 36.2 Å². The number of hydrogen-bond acceptors (Lipinski definition) is 8. The number of ether oxygens (including phenoxy) is 1. The highest BCUT2D eigenvalue weighted by molar-refractivity contribution is 7.92. The Bertz CT molecular complexity index is 1520. The number of benzene rings is 2. The molecule has 0 radical (unpaired) electrons. The van der Waals surface area contributed by atoms with Crippen molar-refractivity contribution in [1.82, 2.24) is 14.9 Å². The van der Waals surface area contributed by atoms with Crippen LogP contribution in [0.1, 0.15) is 21.5 Å². The average Bonchev–Trinajstić information content (AvgIpc) is 2.87. The van der Waals surface area contributed by atoms with E-state index in [2.05, 4.69) is 9.88 Å². The van der Waals surface area contributed by atoms with E-state index in [0.29, 0.717) is 55.0 Å². The summed E-state index contributed by atoms with van der Waals surface area (Å²) in [5.41, 5.74) is 3.58. The van der Waals surface area contributed by atoms with Gasteiger partial charge in [0.15, 0.2) is 9.84 Å². The summed E-state index contributed by atoms with van der Waals surface area (Å²) in [6.45, 7) is 5.75. The zero-order valence-electron chi connectivity index (χ0n) is 21.5. The SMILES string of the molecule is Cc1c(F)cccc1CN(C)c1cc(C(=O)N2CC3(C2)CS(=O)(=O)C3)cc2ncc(N3CCOCC3)nc12. The van der Waals surface area contributed by atoms with Gasteiger partial charge in [-0.25, -0.2) is 17.8 Å². The highest BCUT2D eigenvalue weighted by Crippen LogP contribution is 2.42. The van der Waals surface area contributed by atoms with Gasteiger partial charge in [0.2, 0.25) is 0 Å². The first-order chi connectivity index (χ1) is 18.1. The summed E-state index contributed by atoms with van der Waals surface area (Å²) in [6.07, 6.45) is 1.72. The zero-order chi connectivity index (χ0) is 26.7. The van der Waals surface area contributed by atoms with E-state index in [1.807, 2.05) is 24.1 Å². The van der Waals surface area contributed by atoms with Crippen molar-refractivity contribution in [1.29, 1.82) is 0 Å². The van der Waals surface area contributed by atoms with Crippen LogP contribution in [-0.4, -0.2) is 87.1 Å². The fourth-order valence-corrected chi connectivity index (χ4v) is 7.92. The van der Waals surface area contributed by atoms with Crippen LogP contribution in [0.5, 0.6) is 0 Å². The molecule has 200 valence electrons. The van der Waals surface area contributed by atoms with Crippen LogP contribution in [0.4, 0.5) is 15.9 Å². The van der Waals surface area contributed by atoms with Gasteiger partial charge in [0, 0.05) is 50.7 Å². The molecule has 3 fully saturated rings. The Kier molecular flexibility index (Phi) is 6.03. The molecule has 1 aromatic heterocycles. The number of fused-ring (bicyclic) bond motifs is 1. The molecule has 0 saturated carbocycles. The van der Waals surface area contributed by atoms with Crippen LogP contribution < -0.4 is 9.80 Å². The van der Waals surface area contributed by atoms with Crippen molar-refractivity contribution < 1.29 is 22.3 Å². The van der Waals surface area contributed by atoms with E-state index in [4.69, 9.17) is 9.72 Å². The number of anilines is 2. The van der Waals surface area contributed by atoms with Crippen LogP contribution in [-0.2, 0) is 21.1 Å². The molecule has 0 bridgehead atoms. The molecule has 3 aliphatic rings. The molecule has 0 aliphatic carbocycles. The number of aromatic nitrogens is 2. The summed E-state index contributed by atoms with van der Waals surface area (Å²) < 4.78 is 43.1. The number of sulfone groups is 1. The van der Waals surface area contributed by atoms with Gasteiger partial charge in [0.1, 0.15) is 17.2 Å². The minimum Gasteiger partial charge on any atom is -0.378 e. The van der Waals surface area contributed by atoms with Gasteiger partial charge in [0.05, 0.1) is 42.1 Å². The molecule has 3 aromatic rings. The number of carbonyl (C=O) groups is 1. The number of likely N-dealkylation sites (tertiary alicyclic amines) is 1. The van der Waals surface area contributed by atoms with Crippen molar-refractivity contribution in [3.63, 3.8) is 0 Å². The summed E-state index contributed by atoms with van der Waals surface area (Å²) in [7, 11) is -1.06. The van der Waals surface area contributed by atoms with Crippen molar-refractivity contribution in [3.8, 4) is 0 Å². The average molecular weight is 540 g/mol. The lowest BCUT2D eigenvalue weighted by atomic mass is 9.82. The molecule has 4 heterocycles.